The van der Waals surface area contributed by atoms with E-state index < -0.39 is 10.8 Å². The molecule has 0 heterocycles. The lowest BCUT2D eigenvalue weighted by atomic mass is 9.98. The van der Waals surface area contributed by atoms with Crippen LogP contribution in [0.25, 0.3) is 0 Å². The van der Waals surface area contributed by atoms with Gasteiger partial charge in [-0.05, 0) is 18.4 Å². The van der Waals surface area contributed by atoms with E-state index in [-0.39, 0.29) is 17.9 Å². The van der Waals surface area contributed by atoms with Crippen molar-refractivity contribution in [2.45, 2.75) is 44.6 Å². The largest absolute Gasteiger partial charge is 0.348 e. The maximum Gasteiger partial charge on any atom is 0.223 e. The fourth-order valence-electron chi connectivity index (χ4n) is 2.97. The number of rotatable bonds is 5. The van der Waals surface area contributed by atoms with Crippen LogP contribution in [0.2, 0.25) is 0 Å². The summed E-state index contributed by atoms with van der Waals surface area (Å²) in [5.74, 6) is 0.739. The molecule has 1 amide bonds. The van der Waals surface area contributed by atoms with Gasteiger partial charge in [-0.25, -0.2) is 0 Å². The van der Waals surface area contributed by atoms with Crippen molar-refractivity contribution in [1.82, 2.24) is 5.32 Å². The van der Waals surface area contributed by atoms with Crippen LogP contribution in [-0.2, 0) is 15.6 Å². The van der Waals surface area contributed by atoms with Crippen LogP contribution in [0.4, 0.5) is 0 Å². The summed E-state index contributed by atoms with van der Waals surface area (Å²) in [5, 5.41) is 3.13. The number of carbonyl (C=O) groups is 1. The normalized spacial score (nSPS) is 19.5. The molecule has 1 aromatic rings. The van der Waals surface area contributed by atoms with E-state index in [2.05, 4.69) is 5.32 Å². The van der Waals surface area contributed by atoms with Crippen molar-refractivity contribution in [2.24, 2.45) is 5.92 Å². The molecule has 1 aliphatic carbocycles. The summed E-state index contributed by atoms with van der Waals surface area (Å²) in [4.78, 5) is 12.5. The zero-order valence-corrected chi connectivity index (χ0v) is 13.5. The maximum atomic E-state index is 12.5. The number of benzene rings is 1. The highest BCUT2D eigenvalue weighted by molar-refractivity contribution is 7.84. The Kier molecular flexibility index (Phi) is 6.43. The summed E-state index contributed by atoms with van der Waals surface area (Å²) in [6.45, 7) is 0. The summed E-state index contributed by atoms with van der Waals surface area (Å²) in [6, 6.07) is 9.71. The van der Waals surface area contributed by atoms with E-state index >= 15 is 0 Å². The minimum Gasteiger partial charge on any atom is -0.348 e. The van der Waals surface area contributed by atoms with Crippen molar-refractivity contribution in [3.8, 4) is 0 Å². The van der Waals surface area contributed by atoms with E-state index in [1.54, 1.807) is 6.26 Å². The minimum atomic E-state index is -0.936. The van der Waals surface area contributed by atoms with Crippen LogP contribution in [-0.4, -0.2) is 22.1 Å². The predicted molar refractivity (Wildman–Crippen MR) is 87.5 cm³/mol. The standard InChI is InChI=1S/C17H25NO2S/c1-21(20)13-16(14-9-7-4-8-10-14)18-17(19)15-11-5-2-3-6-12-15/h4,7-10,15-16H,2-3,5-6,11-13H2,1H3,(H,18,19)/t16-,21-/m0/s1. The fourth-order valence-corrected chi connectivity index (χ4v) is 3.72. The Hall–Kier alpha value is -1.16. The molecule has 0 aromatic heterocycles. The Morgan fingerprint density at radius 3 is 2.38 bits per heavy atom. The van der Waals surface area contributed by atoms with Crippen molar-refractivity contribution < 1.29 is 9.00 Å². The van der Waals surface area contributed by atoms with Crippen LogP contribution in [0.15, 0.2) is 30.3 Å². The van der Waals surface area contributed by atoms with Gasteiger partial charge in [-0.2, -0.15) is 0 Å². The Balaban J connectivity index is 2.03. The van der Waals surface area contributed by atoms with Crippen molar-refractivity contribution in [3.05, 3.63) is 35.9 Å². The van der Waals surface area contributed by atoms with Crippen molar-refractivity contribution in [3.63, 3.8) is 0 Å². The first-order valence-electron chi connectivity index (χ1n) is 7.82. The van der Waals surface area contributed by atoms with E-state index in [4.69, 9.17) is 0 Å². The van der Waals surface area contributed by atoms with E-state index in [1.165, 1.54) is 12.8 Å². The third-order valence-electron chi connectivity index (χ3n) is 4.15. The smallest absolute Gasteiger partial charge is 0.223 e. The second-order valence-corrected chi connectivity index (χ2v) is 7.38. The molecular formula is C17H25NO2S. The second-order valence-electron chi connectivity index (χ2n) is 5.90. The van der Waals surface area contributed by atoms with Crippen molar-refractivity contribution in [1.29, 1.82) is 0 Å². The van der Waals surface area contributed by atoms with Gasteiger partial charge in [0.1, 0.15) is 0 Å². The molecule has 1 aliphatic rings. The van der Waals surface area contributed by atoms with Gasteiger partial charge in [0.25, 0.3) is 0 Å². The van der Waals surface area contributed by atoms with E-state index in [1.807, 2.05) is 30.3 Å². The third-order valence-corrected chi connectivity index (χ3v) is 4.95. The average Bonchev–Trinajstić information content (AvgIpc) is 2.76. The van der Waals surface area contributed by atoms with Gasteiger partial charge in [0.05, 0.1) is 6.04 Å². The average molecular weight is 307 g/mol. The van der Waals surface area contributed by atoms with Crippen LogP contribution < -0.4 is 5.32 Å². The van der Waals surface area contributed by atoms with E-state index in [9.17, 15) is 9.00 Å². The molecule has 0 aliphatic heterocycles. The molecule has 3 nitrogen and oxygen atoms in total. The monoisotopic (exact) mass is 307 g/mol. The van der Waals surface area contributed by atoms with Gasteiger partial charge in [-0.15, -0.1) is 0 Å². The van der Waals surface area contributed by atoms with Crippen LogP contribution in [0.3, 0.4) is 0 Å². The Labute approximate surface area is 130 Å². The first-order valence-corrected chi connectivity index (χ1v) is 9.55. The highest BCUT2D eigenvalue weighted by Crippen LogP contribution is 2.24. The van der Waals surface area contributed by atoms with Crippen LogP contribution >= 0.6 is 0 Å². The maximum absolute atomic E-state index is 12.5. The number of amides is 1. The third kappa shape index (κ3) is 5.27. The molecule has 2 atom stereocenters. The lowest BCUT2D eigenvalue weighted by Gasteiger charge is -2.22. The van der Waals surface area contributed by atoms with Gasteiger partial charge in [-0.1, -0.05) is 56.0 Å². The molecule has 0 saturated heterocycles. The molecule has 0 radical (unpaired) electrons. The van der Waals surface area contributed by atoms with Gasteiger partial charge in [0.15, 0.2) is 0 Å². The Morgan fingerprint density at radius 2 is 1.81 bits per heavy atom. The van der Waals surface area contributed by atoms with E-state index in [0.717, 1.165) is 31.2 Å². The topological polar surface area (TPSA) is 46.2 Å². The van der Waals surface area contributed by atoms with Gasteiger partial charge in [-0.3, -0.25) is 9.00 Å². The molecule has 116 valence electrons. The van der Waals surface area contributed by atoms with Gasteiger partial charge >= 0.3 is 0 Å². The fraction of sp³-hybridized carbons (Fsp3) is 0.588. The molecule has 1 saturated carbocycles. The highest BCUT2D eigenvalue weighted by Gasteiger charge is 2.23. The minimum absolute atomic E-state index is 0.129. The molecule has 0 spiro atoms. The molecular weight excluding hydrogens is 282 g/mol. The summed E-state index contributed by atoms with van der Waals surface area (Å²) in [7, 11) is -0.936. The summed E-state index contributed by atoms with van der Waals surface area (Å²) in [6.07, 6.45) is 8.44. The number of carbonyl (C=O) groups excluding carboxylic acids is 1. The van der Waals surface area contributed by atoms with Crippen LogP contribution in [0, 0.1) is 5.92 Å². The molecule has 0 unspecified atom stereocenters. The molecule has 4 heteroatoms. The second kappa shape index (κ2) is 8.32. The van der Waals surface area contributed by atoms with Gasteiger partial charge in [0.2, 0.25) is 5.91 Å². The summed E-state index contributed by atoms with van der Waals surface area (Å²) < 4.78 is 11.6. The van der Waals surface area contributed by atoms with E-state index in [0.29, 0.717) is 5.75 Å². The first kappa shape index (κ1) is 16.2. The Bertz CT molecular complexity index is 467. The molecule has 1 fully saturated rings. The van der Waals surface area contributed by atoms with Gasteiger partial charge in [0, 0.05) is 28.7 Å². The number of nitrogens with one attached hydrogen (secondary N) is 1. The highest BCUT2D eigenvalue weighted by atomic mass is 32.2. The molecule has 0 bridgehead atoms. The molecule has 2 rings (SSSR count). The quantitative estimate of drug-likeness (QED) is 0.849. The number of hydrogen-bond acceptors (Lipinski definition) is 2. The molecule has 21 heavy (non-hydrogen) atoms. The Morgan fingerprint density at radius 1 is 1.19 bits per heavy atom. The van der Waals surface area contributed by atoms with Crippen LogP contribution in [0.5, 0.6) is 0 Å². The molecule has 1 N–H and O–H groups in total. The van der Waals surface area contributed by atoms with Crippen molar-refractivity contribution in [2.75, 3.05) is 12.0 Å². The lowest BCUT2D eigenvalue weighted by molar-refractivity contribution is -0.126. The zero-order valence-electron chi connectivity index (χ0n) is 12.7. The lowest BCUT2D eigenvalue weighted by Crippen LogP contribution is -2.36. The van der Waals surface area contributed by atoms with Crippen molar-refractivity contribution >= 4 is 16.7 Å². The van der Waals surface area contributed by atoms with Gasteiger partial charge < -0.3 is 5.32 Å². The predicted octanol–water partition coefficient (Wildman–Crippen LogP) is 3.19. The van der Waals surface area contributed by atoms with Crippen LogP contribution in [0.1, 0.15) is 50.1 Å². The first-order chi connectivity index (χ1) is 10.2. The summed E-state index contributed by atoms with van der Waals surface area (Å²) >= 11 is 0. The summed E-state index contributed by atoms with van der Waals surface area (Å²) in [5.41, 5.74) is 1.04. The molecule has 1 aromatic carbocycles. The SMILES string of the molecule is C[S@](=O)C[C@H](NC(=O)C1CCCCCC1)c1ccccc1. The zero-order chi connectivity index (χ0) is 15.1. The number of hydrogen-bond donors (Lipinski definition) is 1.